The number of fused-ring (bicyclic) bond motifs is 3. The zero-order chi connectivity index (χ0) is 18.5. The van der Waals surface area contributed by atoms with Gasteiger partial charge in [0.1, 0.15) is 5.60 Å². The van der Waals surface area contributed by atoms with Crippen LogP contribution < -0.4 is 5.11 Å². The van der Waals surface area contributed by atoms with Gasteiger partial charge in [-0.3, -0.25) is 4.79 Å². The average molecular weight is 359 g/mol. The Labute approximate surface area is 156 Å². The number of aliphatic carboxylic acids is 1. The fourth-order valence-electron chi connectivity index (χ4n) is 8.64. The predicted octanol–water partition coefficient (Wildman–Crippen LogP) is 2.73. The van der Waals surface area contributed by atoms with Gasteiger partial charge in [0, 0.05) is 17.8 Å². The number of hydrogen-bond donors (Lipinski definition) is 0. The summed E-state index contributed by atoms with van der Waals surface area (Å²) in [7, 11) is 0. The van der Waals surface area contributed by atoms with Crippen LogP contribution in [0.2, 0.25) is 0 Å². The molecule has 0 aromatic carbocycles. The van der Waals surface area contributed by atoms with Crippen LogP contribution in [0.15, 0.2) is 0 Å². The Morgan fingerprint density at radius 1 is 1.15 bits per heavy atom. The van der Waals surface area contributed by atoms with Crippen LogP contribution in [-0.2, 0) is 14.3 Å². The predicted molar refractivity (Wildman–Crippen MR) is 93.9 cm³/mol. The Hall–Kier alpha value is -0.900. The first-order valence-electron chi connectivity index (χ1n) is 10.7. The maximum Gasteiger partial charge on any atom is 0.166 e. The van der Waals surface area contributed by atoms with Crippen molar-refractivity contribution in [1.29, 1.82) is 0 Å². The van der Waals surface area contributed by atoms with Crippen LogP contribution in [0.5, 0.6) is 0 Å². The molecule has 4 heteroatoms. The molecular weight excluding hydrogens is 328 g/mol. The summed E-state index contributed by atoms with van der Waals surface area (Å²) in [6, 6.07) is 0. The second-order valence-corrected chi connectivity index (χ2v) is 10.6. The normalized spacial score (nSPS) is 56.0. The van der Waals surface area contributed by atoms with Crippen molar-refractivity contribution in [1.82, 2.24) is 0 Å². The summed E-state index contributed by atoms with van der Waals surface area (Å²) in [4.78, 5) is 25.3. The Balaban J connectivity index is 1.58. The molecule has 0 unspecified atom stereocenters. The second-order valence-electron chi connectivity index (χ2n) is 10.6. The first-order valence-corrected chi connectivity index (χ1v) is 10.7. The number of hydrogen-bond acceptors (Lipinski definition) is 4. The first kappa shape index (κ1) is 17.2. The summed E-state index contributed by atoms with van der Waals surface area (Å²) in [6.45, 7) is 6.30. The highest BCUT2D eigenvalue weighted by Gasteiger charge is 2.74. The summed E-state index contributed by atoms with van der Waals surface area (Å²) >= 11 is 0. The minimum atomic E-state index is -0.965. The molecule has 144 valence electrons. The van der Waals surface area contributed by atoms with Crippen LogP contribution in [-0.4, -0.2) is 23.5 Å². The number of carbonyl (C=O) groups is 2. The van der Waals surface area contributed by atoms with E-state index in [0.29, 0.717) is 18.3 Å². The second kappa shape index (κ2) is 5.12. The van der Waals surface area contributed by atoms with Gasteiger partial charge in [-0.2, -0.15) is 0 Å². The Morgan fingerprint density at radius 3 is 2.62 bits per heavy atom. The van der Waals surface area contributed by atoms with E-state index in [1.165, 1.54) is 6.42 Å². The monoisotopic (exact) mass is 359 g/mol. The number of ketones is 1. The van der Waals surface area contributed by atoms with Crippen molar-refractivity contribution < 1.29 is 19.4 Å². The third kappa shape index (κ3) is 1.76. The molecule has 2 heterocycles. The number of Topliss-reactive ketones (excluding diaryl/α,β-unsaturated/α-hetero) is 1. The van der Waals surface area contributed by atoms with E-state index < -0.39 is 17.5 Å². The van der Waals surface area contributed by atoms with Gasteiger partial charge in [-0.1, -0.05) is 20.8 Å². The van der Waals surface area contributed by atoms with Gasteiger partial charge in [-0.15, -0.1) is 0 Å². The van der Waals surface area contributed by atoms with E-state index in [-0.39, 0.29) is 34.6 Å². The smallest absolute Gasteiger partial charge is 0.166 e. The van der Waals surface area contributed by atoms with Crippen LogP contribution in [0.1, 0.15) is 72.1 Å². The van der Waals surface area contributed by atoms with Gasteiger partial charge in [-0.05, 0) is 80.0 Å². The first-order chi connectivity index (χ1) is 12.2. The Morgan fingerprint density at radius 2 is 1.88 bits per heavy atom. The molecule has 0 amide bonds. The topological polar surface area (TPSA) is 66.4 Å². The molecule has 2 saturated heterocycles. The van der Waals surface area contributed by atoms with Gasteiger partial charge in [0.05, 0.1) is 6.10 Å². The molecule has 4 aliphatic carbocycles. The zero-order valence-electron chi connectivity index (χ0n) is 16.3. The van der Waals surface area contributed by atoms with Crippen molar-refractivity contribution in [2.45, 2.75) is 83.8 Å². The quantitative estimate of drug-likeness (QED) is 0.760. The minimum absolute atomic E-state index is 0.0128. The Bertz CT molecular complexity index is 673. The van der Waals surface area contributed by atoms with Gasteiger partial charge in [0.25, 0.3) is 0 Å². The van der Waals surface area contributed by atoms with E-state index in [4.69, 9.17) is 4.74 Å². The molecule has 0 aromatic rings. The molecule has 0 aromatic heterocycles. The summed E-state index contributed by atoms with van der Waals surface area (Å²) in [6.07, 6.45) is 8.32. The lowest BCUT2D eigenvalue weighted by molar-refractivity contribution is -0.317. The summed E-state index contributed by atoms with van der Waals surface area (Å²) in [5.74, 6) is 0.191. The van der Waals surface area contributed by atoms with Gasteiger partial charge in [-0.25, -0.2) is 0 Å². The van der Waals surface area contributed by atoms with Crippen molar-refractivity contribution in [2.75, 3.05) is 0 Å². The van der Waals surface area contributed by atoms with Gasteiger partial charge < -0.3 is 14.6 Å². The van der Waals surface area contributed by atoms with Crippen molar-refractivity contribution in [3.05, 3.63) is 0 Å². The molecule has 2 aliphatic heterocycles. The van der Waals surface area contributed by atoms with Crippen molar-refractivity contribution in [3.63, 3.8) is 0 Å². The highest BCUT2D eigenvalue weighted by molar-refractivity contribution is 5.91. The maximum atomic E-state index is 13.8. The molecule has 4 saturated carbocycles. The lowest BCUT2D eigenvalue weighted by Gasteiger charge is -2.70. The molecule has 4 nitrogen and oxygen atoms in total. The molecular formula is C22H31O4-. The SMILES string of the molecule is C[C@@H](C(=O)[O-])[C@@H]1CC[C@H]2[C@H]3CC[C@@H]4C[C@H]5CC[C@]4(C)[C@@]3(O5)C(=O)C[C@@]21C. The van der Waals surface area contributed by atoms with E-state index in [0.717, 1.165) is 38.5 Å². The molecule has 0 N–H and O–H groups in total. The highest BCUT2D eigenvalue weighted by Crippen LogP contribution is 2.72. The maximum absolute atomic E-state index is 13.8. The van der Waals surface area contributed by atoms with Crippen LogP contribution in [0.4, 0.5) is 0 Å². The third-order valence-corrected chi connectivity index (χ3v) is 9.88. The van der Waals surface area contributed by atoms with Crippen LogP contribution >= 0.6 is 0 Å². The largest absolute Gasteiger partial charge is 0.550 e. The zero-order valence-corrected chi connectivity index (χ0v) is 16.3. The molecule has 6 rings (SSSR count). The van der Waals surface area contributed by atoms with E-state index in [1.54, 1.807) is 6.92 Å². The average Bonchev–Trinajstić information content (AvgIpc) is 2.90. The number of carboxylic acids is 1. The van der Waals surface area contributed by atoms with Crippen LogP contribution in [0, 0.1) is 40.4 Å². The third-order valence-electron chi connectivity index (χ3n) is 9.88. The fraction of sp³-hybridized carbons (Fsp3) is 0.909. The van der Waals surface area contributed by atoms with E-state index in [2.05, 4.69) is 13.8 Å². The van der Waals surface area contributed by atoms with E-state index in [9.17, 15) is 14.7 Å². The highest BCUT2D eigenvalue weighted by atomic mass is 16.5. The van der Waals surface area contributed by atoms with E-state index >= 15 is 0 Å². The van der Waals surface area contributed by atoms with E-state index in [1.807, 2.05) is 0 Å². The minimum Gasteiger partial charge on any atom is -0.550 e. The number of carbonyl (C=O) groups excluding carboxylic acids is 2. The molecule has 26 heavy (non-hydrogen) atoms. The number of ether oxygens (including phenoxy) is 1. The molecule has 1 spiro atoms. The van der Waals surface area contributed by atoms with Crippen molar-refractivity contribution in [2.24, 2.45) is 40.4 Å². The standard InChI is InChI=1S/C22H32O4/c1-12(19(24)25)15-6-7-16-17-5-4-13-10-14-8-9-21(13,3)22(17,26-14)18(23)11-20(15,16)2/h12-17H,4-11H2,1-3H3,(H,24,25)/p-1/t12-,13-,14-,15+,16+,17-,20-,21+,22+/m1/s1. The van der Waals surface area contributed by atoms with Gasteiger partial charge in [0.15, 0.2) is 5.78 Å². The van der Waals surface area contributed by atoms with Crippen molar-refractivity contribution >= 4 is 11.8 Å². The number of carboxylic acid groups (broad SMARTS) is 1. The van der Waals surface area contributed by atoms with Crippen molar-refractivity contribution in [3.8, 4) is 0 Å². The van der Waals surface area contributed by atoms with Gasteiger partial charge >= 0.3 is 0 Å². The molecule has 0 radical (unpaired) electrons. The van der Waals surface area contributed by atoms with Gasteiger partial charge in [0.2, 0.25) is 0 Å². The van der Waals surface area contributed by atoms with Crippen LogP contribution in [0.3, 0.4) is 0 Å². The Kier molecular flexibility index (Phi) is 3.39. The fourth-order valence-corrected chi connectivity index (χ4v) is 8.64. The lowest BCUT2D eigenvalue weighted by Crippen LogP contribution is -2.75. The molecule has 4 bridgehead atoms. The molecule has 9 atom stereocenters. The summed E-state index contributed by atoms with van der Waals surface area (Å²) in [5, 5.41) is 11.6. The lowest BCUT2D eigenvalue weighted by atomic mass is 9.40. The van der Waals surface area contributed by atoms with Crippen LogP contribution in [0.25, 0.3) is 0 Å². The number of rotatable bonds is 2. The summed E-state index contributed by atoms with van der Waals surface area (Å²) in [5.41, 5.74) is -0.808. The summed E-state index contributed by atoms with van der Waals surface area (Å²) < 4.78 is 6.68. The molecule has 6 fully saturated rings. The molecule has 6 aliphatic rings.